The van der Waals surface area contributed by atoms with Crippen molar-refractivity contribution < 1.29 is 22.5 Å². The molecule has 0 saturated carbocycles. The van der Waals surface area contributed by atoms with E-state index in [-0.39, 0.29) is 11.5 Å². The van der Waals surface area contributed by atoms with Crippen molar-refractivity contribution in [1.29, 1.82) is 0 Å². The average molecular weight is 468 g/mol. The van der Waals surface area contributed by atoms with Crippen LogP contribution in [-0.2, 0) is 15.9 Å². The normalized spacial score (nSPS) is 11.0. The van der Waals surface area contributed by atoms with Crippen molar-refractivity contribution in [1.82, 2.24) is 0 Å². The van der Waals surface area contributed by atoms with Crippen LogP contribution in [0.1, 0.15) is 5.56 Å². The average Bonchev–Trinajstić information content (AvgIpc) is 2.77. The summed E-state index contributed by atoms with van der Waals surface area (Å²) < 4.78 is 42.4. The predicted octanol–water partition coefficient (Wildman–Crippen LogP) is 4.36. The zero-order chi connectivity index (χ0) is 23.0. The maximum atomic E-state index is 13.3. The molecular weight excluding hydrogens is 446 g/mol. The number of phenolic OH excluding ortho intramolecular Hbond substituents is 1. The second kappa shape index (κ2) is 11.0. The van der Waals surface area contributed by atoms with Gasteiger partial charge in [-0.05, 0) is 36.2 Å². The van der Waals surface area contributed by atoms with Crippen LogP contribution in [0.3, 0.4) is 0 Å². The van der Waals surface area contributed by atoms with E-state index in [0.29, 0.717) is 5.56 Å². The van der Waals surface area contributed by atoms with Crippen molar-refractivity contribution in [2.75, 3.05) is 0 Å². The highest BCUT2D eigenvalue weighted by Gasteiger charge is 2.19. The van der Waals surface area contributed by atoms with Crippen molar-refractivity contribution in [3.8, 4) is 5.75 Å². The van der Waals surface area contributed by atoms with Crippen LogP contribution in [0.25, 0.3) is 0 Å². The van der Waals surface area contributed by atoms with Gasteiger partial charge in [0, 0.05) is 11.4 Å². The van der Waals surface area contributed by atoms with Gasteiger partial charge < -0.3 is 5.11 Å². The van der Waals surface area contributed by atoms with E-state index in [1.165, 1.54) is 12.1 Å². The topological polar surface area (TPSA) is 74.6 Å². The van der Waals surface area contributed by atoms with Crippen LogP contribution in [0.2, 0.25) is 0 Å². The van der Waals surface area contributed by atoms with Crippen molar-refractivity contribution >= 4 is 34.0 Å². The van der Waals surface area contributed by atoms with Gasteiger partial charge in [-0.2, -0.15) is 8.42 Å². The van der Waals surface area contributed by atoms with Crippen LogP contribution < -0.4 is 15.9 Å². The molecule has 4 aromatic carbocycles. The van der Waals surface area contributed by atoms with Gasteiger partial charge in [-0.1, -0.05) is 91.0 Å². The third-order valence-electron chi connectivity index (χ3n) is 4.40. The minimum absolute atomic E-state index is 0.00816. The number of phenols is 1. The van der Waals surface area contributed by atoms with Gasteiger partial charge in [0.15, 0.2) is 0 Å². The summed E-state index contributed by atoms with van der Waals surface area (Å²) in [5, 5.41) is 13.2. The highest BCUT2D eigenvalue weighted by atomic mass is 32.2. The Labute approximate surface area is 188 Å². The molecular formula is C25H22FO4PS. The van der Waals surface area contributed by atoms with Crippen LogP contribution in [-0.4, -0.2) is 18.1 Å². The number of rotatable bonds is 5. The number of hydrogen-bond acceptors (Lipinski definition) is 3. The van der Waals surface area contributed by atoms with Gasteiger partial charge in [0.05, 0.1) is 0 Å². The predicted molar refractivity (Wildman–Crippen MR) is 128 cm³/mol. The Morgan fingerprint density at radius 2 is 1.19 bits per heavy atom. The van der Waals surface area contributed by atoms with E-state index >= 15 is 0 Å². The number of aromatic hydroxyl groups is 1. The van der Waals surface area contributed by atoms with E-state index < -0.39 is 23.9 Å². The Kier molecular flexibility index (Phi) is 8.12. The monoisotopic (exact) mass is 468 g/mol. The Morgan fingerprint density at radius 1 is 0.719 bits per heavy atom. The first-order chi connectivity index (χ1) is 15.3. The van der Waals surface area contributed by atoms with E-state index in [2.05, 4.69) is 0 Å². The fraction of sp³-hybridized carbons (Fsp3) is 0.0400. The summed E-state index contributed by atoms with van der Waals surface area (Å²) in [6, 6.07) is 32.8. The Bertz CT molecular complexity index is 1200. The van der Waals surface area contributed by atoms with Gasteiger partial charge in [0.25, 0.3) is 10.1 Å². The van der Waals surface area contributed by atoms with Gasteiger partial charge >= 0.3 is 0 Å². The van der Waals surface area contributed by atoms with Crippen molar-refractivity contribution in [3.63, 3.8) is 0 Å². The summed E-state index contributed by atoms with van der Waals surface area (Å²) in [6.45, 7) is 0. The highest BCUT2D eigenvalue weighted by molar-refractivity contribution is 7.85. The first-order valence-electron chi connectivity index (χ1n) is 9.71. The van der Waals surface area contributed by atoms with Gasteiger partial charge in [-0.3, -0.25) is 4.55 Å². The lowest BCUT2D eigenvalue weighted by atomic mass is 10.2. The fourth-order valence-corrected chi connectivity index (χ4v) is 5.98. The molecule has 0 unspecified atom stereocenters. The molecule has 164 valence electrons. The second-order valence-electron chi connectivity index (χ2n) is 6.85. The zero-order valence-electron chi connectivity index (χ0n) is 17.0. The summed E-state index contributed by atoms with van der Waals surface area (Å²) in [5.74, 6) is -0.727. The van der Waals surface area contributed by atoms with Gasteiger partial charge in [-0.15, -0.1) is 0 Å². The summed E-state index contributed by atoms with van der Waals surface area (Å²) in [7, 11) is -4.77. The zero-order valence-corrected chi connectivity index (χ0v) is 18.8. The first-order valence-corrected chi connectivity index (χ1v) is 12.7. The molecule has 0 heterocycles. The largest absolute Gasteiger partial charge is 0.507 e. The molecule has 0 amide bonds. The third kappa shape index (κ3) is 6.99. The quantitative estimate of drug-likeness (QED) is 0.337. The van der Waals surface area contributed by atoms with E-state index in [0.717, 1.165) is 15.9 Å². The molecule has 0 bridgehead atoms. The standard InChI is InChI=1S/C18H14FOP.C7H8O3S/c19-14-11-12-18(17(20)13-14)21(15-7-3-1-4-8-15)16-9-5-2-6-10-16;8-11(9,10)6-7-4-2-1-3-5-7/h1-13,20H;1-5H,6H2,(H,8,9,10). The van der Waals surface area contributed by atoms with Crippen molar-refractivity contribution in [2.45, 2.75) is 5.75 Å². The first kappa shape index (κ1) is 23.6. The fourth-order valence-electron chi connectivity index (χ4n) is 3.05. The minimum atomic E-state index is -3.88. The molecule has 4 aromatic rings. The summed E-state index contributed by atoms with van der Waals surface area (Å²) in [4.78, 5) is 0. The maximum Gasteiger partial charge on any atom is 0.269 e. The number of halogens is 1. The van der Waals surface area contributed by atoms with Crippen LogP contribution in [0.15, 0.2) is 109 Å². The Balaban J connectivity index is 0.000000222. The Morgan fingerprint density at radius 3 is 1.62 bits per heavy atom. The summed E-state index contributed by atoms with van der Waals surface area (Å²) in [5.41, 5.74) is 0.593. The maximum absolute atomic E-state index is 13.3. The molecule has 4 nitrogen and oxygen atoms in total. The van der Waals surface area contributed by atoms with Crippen molar-refractivity contribution in [2.24, 2.45) is 0 Å². The van der Waals surface area contributed by atoms with E-state index in [4.69, 9.17) is 4.55 Å². The number of hydrogen-bond donors (Lipinski definition) is 2. The van der Waals surface area contributed by atoms with E-state index in [1.54, 1.807) is 36.4 Å². The van der Waals surface area contributed by atoms with Gasteiger partial charge in [0.1, 0.15) is 17.3 Å². The van der Waals surface area contributed by atoms with E-state index in [9.17, 15) is 17.9 Å². The molecule has 0 aliphatic carbocycles. The summed E-state index contributed by atoms with van der Waals surface area (Å²) in [6.07, 6.45) is 0. The molecule has 0 aliphatic heterocycles. The number of benzene rings is 4. The second-order valence-corrected chi connectivity index (χ2v) is 10.5. The molecule has 0 aromatic heterocycles. The van der Waals surface area contributed by atoms with E-state index in [1.807, 2.05) is 60.7 Å². The molecule has 7 heteroatoms. The van der Waals surface area contributed by atoms with Crippen LogP contribution in [0.4, 0.5) is 4.39 Å². The highest BCUT2D eigenvalue weighted by Crippen LogP contribution is 2.36. The molecule has 0 radical (unpaired) electrons. The molecule has 0 saturated heterocycles. The molecule has 0 atom stereocenters. The lowest BCUT2D eigenvalue weighted by molar-refractivity contribution is 0.473. The van der Waals surface area contributed by atoms with Crippen LogP contribution in [0.5, 0.6) is 5.75 Å². The molecule has 2 N–H and O–H groups in total. The molecule has 0 fully saturated rings. The molecule has 4 rings (SSSR count). The van der Waals surface area contributed by atoms with Crippen LogP contribution >= 0.6 is 7.92 Å². The molecule has 32 heavy (non-hydrogen) atoms. The lowest BCUT2D eigenvalue weighted by Crippen LogP contribution is -2.20. The molecule has 0 spiro atoms. The minimum Gasteiger partial charge on any atom is -0.507 e. The third-order valence-corrected chi connectivity index (χ3v) is 7.59. The Hall–Kier alpha value is -3.05. The SMILES string of the molecule is O=S(=O)(O)Cc1ccccc1.Oc1cc(F)ccc1P(c1ccccc1)c1ccccc1. The van der Waals surface area contributed by atoms with Crippen LogP contribution in [0, 0.1) is 5.82 Å². The molecule has 0 aliphatic rings. The summed E-state index contributed by atoms with van der Waals surface area (Å²) >= 11 is 0. The van der Waals surface area contributed by atoms with Gasteiger partial charge in [0.2, 0.25) is 0 Å². The van der Waals surface area contributed by atoms with Gasteiger partial charge in [-0.25, -0.2) is 4.39 Å². The lowest BCUT2D eigenvalue weighted by Gasteiger charge is -2.20. The smallest absolute Gasteiger partial charge is 0.269 e. The van der Waals surface area contributed by atoms with Crippen molar-refractivity contribution in [3.05, 3.63) is 121 Å².